The molecular weight excluding hydrogens is 241 g/mol. The van der Waals surface area contributed by atoms with Gasteiger partial charge in [-0.15, -0.1) is 0 Å². The molecule has 1 unspecified atom stereocenters. The lowest BCUT2D eigenvalue weighted by Gasteiger charge is -2.13. The molecule has 2 nitrogen and oxygen atoms in total. The Morgan fingerprint density at radius 3 is 2.58 bits per heavy atom. The van der Waals surface area contributed by atoms with E-state index in [-0.39, 0.29) is 11.9 Å². The van der Waals surface area contributed by atoms with E-state index < -0.39 is 0 Å². The smallest absolute Gasteiger partial charge is 0.123 e. The van der Waals surface area contributed by atoms with Crippen molar-refractivity contribution in [3.05, 3.63) is 65.5 Å². The maximum Gasteiger partial charge on any atom is 0.123 e. The maximum atomic E-state index is 12.8. The van der Waals surface area contributed by atoms with Gasteiger partial charge in [-0.3, -0.25) is 0 Å². The van der Waals surface area contributed by atoms with E-state index in [1.807, 2.05) is 31.2 Å². The summed E-state index contributed by atoms with van der Waals surface area (Å²) in [4.78, 5) is 0. The molecule has 100 valence electrons. The summed E-state index contributed by atoms with van der Waals surface area (Å²) in [6.07, 6.45) is 0.676. The van der Waals surface area contributed by atoms with Crippen LogP contribution in [0.4, 0.5) is 4.39 Å². The Hall–Kier alpha value is -1.87. The summed E-state index contributed by atoms with van der Waals surface area (Å²) in [6.45, 7) is 2.59. The van der Waals surface area contributed by atoms with Gasteiger partial charge < -0.3 is 10.5 Å². The minimum absolute atomic E-state index is 0.120. The average molecular weight is 259 g/mol. The molecule has 2 aromatic carbocycles. The molecule has 0 aliphatic rings. The summed E-state index contributed by atoms with van der Waals surface area (Å²) < 4.78 is 18.3. The lowest BCUT2D eigenvalue weighted by Crippen LogP contribution is -2.13. The summed E-state index contributed by atoms with van der Waals surface area (Å²) in [5.74, 6) is 0.602. The summed E-state index contributed by atoms with van der Waals surface area (Å²) in [6, 6.07) is 14.1. The molecule has 0 heterocycles. The molecular formula is C16H18FNO. The van der Waals surface area contributed by atoms with Gasteiger partial charge in [0.2, 0.25) is 0 Å². The summed E-state index contributed by atoms with van der Waals surface area (Å²) >= 11 is 0. The number of hydrogen-bond donors (Lipinski definition) is 1. The van der Waals surface area contributed by atoms with Crippen LogP contribution in [0.2, 0.25) is 0 Å². The van der Waals surface area contributed by atoms with Crippen molar-refractivity contribution in [2.24, 2.45) is 5.73 Å². The van der Waals surface area contributed by atoms with E-state index in [0.717, 1.165) is 16.9 Å². The Morgan fingerprint density at radius 1 is 1.16 bits per heavy atom. The highest BCUT2D eigenvalue weighted by Gasteiger charge is 2.08. The van der Waals surface area contributed by atoms with Crippen LogP contribution in [0.25, 0.3) is 0 Å². The molecule has 0 aliphatic heterocycles. The van der Waals surface area contributed by atoms with Gasteiger partial charge in [-0.1, -0.05) is 24.3 Å². The molecule has 0 saturated carbocycles. The standard InChI is InChI=1S/C16H18FNO/c1-2-19-15-5-3-4-13(11-15)16(18)10-12-6-8-14(17)9-7-12/h3-9,11,16H,2,10,18H2,1H3. The fraction of sp³-hybridized carbons (Fsp3) is 0.250. The summed E-state index contributed by atoms with van der Waals surface area (Å²) in [5, 5.41) is 0. The SMILES string of the molecule is CCOc1cccc(C(N)Cc2ccc(F)cc2)c1. The number of ether oxygens (including phenoxy) is 1. The zero-order valence-corrected chi connectivity index (χ0v) is 11.0. The Morgan fingerprint density at radius 2 is 1.89 bits per heavy atom. The van der Waals surface area contributed by atoms with E-state index in [1.165, 1.54) is 12.1 Å². The van der Waals surface area contributed by atoms with Crippen molar-refractivity contribution in [2.75, 3.05) is 6.61 Å². The van der Waals surface area contributed by atoms with Gasteiger partial charge in [-0.25, -0.2) is 4.39 Å². The molecule has 0 fully saturated rings. The van der Waals surface area contributed by atoms with Crippen LogP contribution in [0, 0.1) is 5.82 Å². The van der Waals surface area contributed by atoms with Crippen molar-refractivity contribution in [1.82, 2.24) is 0 Å². The van der Waals surface area contributed by atoms with E-state index in [9.17, 15) is 4.39 Å². The molecule has 0 aromatic heterocycles. The van der Waals surface area contributed by atoms with Gasteiger partial charge >= 0.3 is 0 Å². The second-order valence-corrected chi connectivity index (χ2v) is 4.44. The van der Waals surface area contributed by atoms with Gasteiger partial charge in [-0.2, -0.15) is 0 Å². The van der Waals surface area contributed by atoms with Gasteiger partial charge in [0.05, 0.1) is 6.61 Å². The van der Waals surface area contributed by atoms with Crippen LogP contribution in [-0.2, 0) is 6.42 Å². The number of halogens is 1. The first-order chi connectivity index (χ1) is 9.19. The number of rotatable bonds is 5. The molecule has 0 aliphatic carbocycles. The van der Waals surface area contributed by atoms with Gasteiger partial charge in [-0.05, 0) is 48.7 Å². The third kappa shape index (κ3) is 3.80. The number of benzene rings is 2. The summed E-state index contributed by atoms with van der Waals surface area (Å²) in [7, 11) is 0. The zero-order valence-electron chi connectivity index (χ0n) is 11.0. The lowest BCUT2D eigenvalue weighted by atomic mass is 9.99. The topological polar surface area (TPSA) is 35.2 Å². The van der Waals surface area contributed by atoms with Crippen molar-refractivity contribution < 1.29 is 9.13 Å². The Kier molecular flexibility index (Phi) is 4.53. The minimum Gasteiger partial charge on any atom is -0.494 e. The third-order valence-corrected chi connectivity index (χ3v) is 2.97. The fourth-order valence-electron chi connectivity index (χ4n) is 1.99. The predicted molar refractivity (Wildman–Crippen MR) is 74.6 cm³/mol. The molecule has 2 aromatic rings. The minimum atomic E-state index is -0.226. The molecule has 19 heavy (non-hydrogen) atoms. The van der Waals surface area contributed by atoms with Gasteiger partial charge in [0.15, 0.2) is 0 Å². The largest absolute Gasteiger partial charge is 0.494 e. The van der Waals surface area contributed by atoms with E-state index >= 15 is 0 Å². The first-order valence-electron chi connectivity index (χ1n) is 6.42. The Labute approximate surface area is 113 Å². The first-order valence-corrected chi connectivity index (χ1v) is 6.42. The molecule has 0 saturated heterocycles. The Balaban J connectivity index is 2.08. The molecule has 1 atom stereocenters. The molecule has 0 amide bonds. The van der Waals surface area contributed by atoms with Crippen molar-refractivity contribution in [3.8, 4) is 5.75 Å². The van der Waals surface area contributed by atoms with Gasteiger partial charge in [0, 0.05) is 6.04 Å². The average Bonchev–Trinajstić information content (AvgIpc) is 2.42. The maximum absolute atomic E-state index is 12.8. The van der Waals surface area contributed by atoms with E-state index in [4.69, 9.17) is 10.5 Å². The number of nitrogens with two attached hydrogens (primary N) is 1. The van der Waals surface area contributed by atoms with Crippen LogP contribution in [0.1, 0.15) is 24.1 Å². The Bertz CT molecular complexity index is 525. The van der Waals surface area contributed by atoms with Crippen LogP contribution < -0.4 is 10.5 Å². The molecule has 2 N–H and O–H groups in total. The predicted octanol–water partition coefficient (Wildman–Crippen LogP) is 3.47. The fourth-order valence-corrected chi connectivity index (χ4v) is 1.99. The van der Waals surface area contributed by atoms with Crippen molar-refractivity contribution in [3.63, 3.8) is 0 Å². The van der Waals surface area contributed by atoms with Crippen LogP contribution in [-0.4, -0.2) is 6.61 Å². The van der Waals surface area contributed by atoms with Crippen molar-refractivity contribution in [2.45, 2.75) is 19.4 Å². The zero-order chi connectivity index (χ0) is 13.7. The first kappa shape index (κ1) is 13.6. The molecule has 0 radical (unpaired) electrons. The van der Waals surface area contributed by atoms with Crippen LogP contribution in [0.3, 0.4) is 0 Å². The molecule has 3 heteroatoms. The van der Waals surface area contributed by atoms with Gasteiger partial charge in [0.25, 0.3) is 0 Å². The van der Waals surface area contributed by atoms with Crippen LogP contribution in [0.15, 0.2) is 48.5 Å². The van der Waals surface area contributed by atoms with Crippen molar-refractivity contribution in [1.29, 1.82) is 0 Å². The second-order valence-electron chi connectivity index (χ2n) is 4.44. The summed E-state index contributed by atoms with van der Waals surface area (Å²) in [5.41, 5.74) is 8.23. The highest BCUT2D eigenvalue weighted by Crippen LogP contribution is 2.21. The van der Waals surface area contributed by atoms with Gasteiger partial charge in [0.1, 0.15) is 11.6 Å². The van der Waals surface area contributed by atoms with Crippen LogP contribution in [0.5, 0.6) is 5.75 Å². The second kappa shape index (κ2) is 6.34. The number of hydrogen-bond acceptors (Lipinski definition) is 2. The molecule has 0 spiro atoms. The third-order valence-electron chi connectivity index (χ3n) is 2.97. The molecule has 2 rings (SSSR count). The molecule has 0 bridgehead atoms. The van der Waals surface area contributed by atoms with E-state index in [0.29, 0.717) is 13.0 Å². The van der Waals surface area contributed by atoms with E-state index in [2.05, 4.69) is 0 Å². The van der Waals surface area contributed by atoms with E-state index in [1.54, 1.807) is 12.1 Å². The quantitative estimate of drug-likeness (QED) is 0.892. The van der Waals surface area contributed by atoms with Crippen molar-refractivity contribution >= 4 is 0 Å². The lowest BCUT2D eigenvalue weighted by molar-refractivity contribution is 0.339. The highest BCUT2D eigenvalue weighted by molar-refractivity contribution is 5.31. The highest BCUT2D eigenvalue weighted by atomic mass is 19.1. The van der Waals surface area contributed by atoms with Crippen LogP contribution >= 0.6 is 0 Å². The monoisotopic (exact) mass is 259 g/mol. The normalized spacial score (nSPS) is 12.2.